The molecular weight excluding hydrogens is 426 g/mol. The fourth-order valence-electron chi connectivity index (χ4n) is 4.44. The third-order valence-electron chi connectivity index (χ3n) is 6.15. The maximum absolute atomic E-state index is 11.2. The van der Waals surface area contributed by atoms with E-state index in [0.29, 0.717) is 11.5 Å². The van der Waals surface area contributed by atoms with E-state index >= 15 is 0 Å². The van der Waals surface area contributed by atoms with Crippen molar-refractivity contribution < 1.29 is 14.6 Å². The monoisotopic (exact) mass is 455 g/mol. The lowest BCUT2D eigenvalue weighted by Gasteiger charge is -2.24. The first-order valence-corrected chi connectivity index (χ1v) is 12.7. The highest BCUT2D eigenvalue weighted by Gasteiger charge is 2.19. The van der Waals surface area contributed by atoms with Crippen molar-refractivity contribution in [2.75, 3.05) is 0 Å². The Morgan fingerprint density at radius 3 is 2.74 bits per heavy atom. The van der Waals surface area contributed by atoms with Crippen LogP contribution in [0.5, 0.6) is 0 Å². The average Bonchev–Trinajstić information content (AvgIpc) is 3.47. The second kappa shape index (κ2) is 10.5. The molecule has 1 aliphatic rings. The van der Waals surface area contributed by atoms with Crippen molar-refractivity contribution in [2.45, 2.75) is 64.6 Å². The van der Waals surface area contributed by atoms with Crippen LogP contribution in [0.1, 0.15) is 76.7 Å². The molecule has 0 saturated heterocycles. The van der Waals surface area contributed by atoms with E-state index in [1.807, 2.05) is 17.8 Å². The van der Waals surface area contributed by atoms with Gasteiger partial charge in [0.2, 0.25) is 0 Å². The lowest BCUT2D eigenvalue weighted by Crippen LogP contribution is -2.10. The van der Waals surface area contributed by atoms with E-state index in [1.165, 1.54) is 54.7 Å². The smallest absolute Gasteiger partial charge is 0.345 e. The predicted molar refractivity (Wildman–Crippen MR) is 127 cm³/mol. The van der Waals surface area contributed by atoms with Crippen LogP contribution in [0.25, 0.3) is 10.4 Å². The molecule has 2 aromatic heterocycles. The number of aromatic nitrogens is 1. The summed E-state index contributed by atoms with van der Waals surface area (Å²) in [6.07, 6.45) is 11.2. The summed E-state index contributed by atoms with van der Waals surface area (Å²) < 4.78 is 6.40. The highest BCUT2D eigenvalue weighted by Crippen LogP contribution is 2.34. The highest BCUT2D eigenvalue weighted by molar-refractivity contribution is 7.17. The molecule has 1 aromatic carbocycles. The largest absolute Gasteiger partial charge is 0.477 e. The topological polar surface area (TPSA) is 59.4 Å². The number of hydrogen-bond acceptors (Lipinski definition) is 5. The molecule has 2 heterocycles. The summed E-state index contributed by atoms with van der Waals surface area (Å²) in [5, 5.41) is 9.18. The molecule has 1 fully saturated rings. The summed E-state index contributed by atoms with van der Waals surface area (Å²) in [5.74, 6) is -0.0305. The number of benzene rings is 1. The van der Waals surface area contributed by atoms with E-state index in [-0.39, 0.29) is 6.10 Å². The molecule has 31 heavy (non-hydrogen) atoms. The van der Waals surface area contributed by atoms with Gasteiger partial charge < -0.3 is 9.84 Å². The van der Waals surface area contributed by atoms with Gasteiger partial charge in [0.1, 0.15) is 4.88 Å². The van der Waals surface area contributed by atoms with Crippen molar-refractivity contribution >= 4 is 28.6 Å². The van der Waals surface area contributed by atoms with Gasteiger partial charge in [0.15, 0.2) is 0 Å². The molecule has 164 valence electrons. The van der Waals surface area contributed by atoms with E-state index in [1.54, 1.807) is 17.4 Å². The summed E-state index contributed by atoms with van der Waals surface area (Å²) in [7, 11) is 0. The van der Waals surface area contributed by atoms with Crippen molar-refractivity contribution in [3.05, 3.63) is 62.9 Å². The average molecular weight is 456 g/mol. The zero-order valence-electron chi connectivity index (χ0n) is 17.9. The number of ether oxygens (including phenoxy) is 1. The van der Waals surface area contributed by atoms with Gasteiger partial charge >= 0.3 is 5.97 Å². The van der Waals surface area contributed by atoms with Gasteiger partial charge in [-0.2, -0.15) is 0 Å². The quantitative estimate of drug-likeness (QED) is 0.363. The van der Waals surface area contributed by atoms with Crippen molar-refractivity contribution in [3.8, 4) is 10.4 Å². The summed E-state index contributed by atoms with van der Waals surface area (Å²) in [4.78, 5) is 18.0. The molecule has 4 nitrogen and oxygen atoms in total. The molecule has 1 N–H and O–H groups in total. The van der Waals surface area contributed by atoms with Gasteiger partial charge in [-0.15, -0.1) is 22.7 Å². The number of carbonyl (C=O) groups is 1. The van der Waals surface area contributed by atoms with Crippen LogP contribution >= 0.6 is 22.7 Å². The molecule has 4 rings (SSSR count). The van der Waals surface area contributed by atoms with Crippen LogP contribution < -0.4 is 0 Å². The first-order valence-electron chi connectivity index (χ1n) is 11.0. The van der Waals surface area contributed by atoms with E-state index < -0.39 is 5.97 Å². The molecule has 1 atom stereocenters. The van der Waals surface area contributed by atoms with E-state index in [2.05, 4.69) is 30.1 Å². The van der Waals surface area contributed by atoms with Crippen LogP contribution in [0.4, 0.5) is 0 Å². The maximum atomic E-state index is 11.2. The number of aryl methyl sites for hydroxylation is 1. The number of hydrogen-bond donors (Lipinski definition) is 1. The number of thiazole rings is 1. The fourth-order valence-corrected chi connectivity index (χ4v) is 6.08. The third-order valence-corrected chi connectivity index (χ3v) is 8.13. The summed E-state index contributed by atoms with van der Waals surface area (Å²) in [6, 6.07) is 9.88. The van der Waals surface area contributed by atoms with Crippen molar-refractivity contribution in [2.24, 2.45) is 5.92 Å². The molecule has 1 saturated carbocycles. The van der Waals surface area contributed by atoms with Crippen molar-refractivity contribution in [1.82, 2.24) is 4.98 Å². The van der Waals surface area contributed by atoms with Crippen LogP contribution in [-0.2, 0) is 11.3 Å². The fraction of sp³-hybridized carbons (Fsp3) is 0.440. The van der Waals surface area contributed by atoms with Gasteiger partial charge in [0, 0.05) is 11.1 Å². The lowest BCUT2D eigenvalue weighted by atomic mass is 9.85. The van der Waals surface area contributed by atoms with Gasteiger partial charge in [-0.05, 0) is 54.5 Å². The normalized spacial score (nSPS) is 15.8. The Morgan fingerprint density at radius 1 is 1.23 bits per heavy atom. The SMILES string of the molecule is Cc1cc(COC(CCC2CCCCC2)c2cncs2)ccc1-c1ccc(C(=O)O)s1. The Balaban J connectivity index is 1.40. The molecule has 0 spiro atoms. The predicted octanol–water partition coefficient (Wildman–Crippen LogP) is 7.50. The Bertz CT molecular complexity index is 990. The Hall–Kier alpha value is -2.02. The minimum atomic E-state index is -0.874. The van der Waals surface area contributed by atoms with Gasteiger partial charge in [-0.1, -0.05) is 50.3 Å². The number of carboxylic acids is 1. The van der Waals surface area contributed by atoms with E-state index in [4.69, 9.17) is 4.74 Å². The summed E-state index contributed by atoms with van der Waals surface area (Å²) >= 11 is 2.99. The minimum absolute atomic E-state index is 0.102. The second-order valence-corrected chi connectivity index (χ2v) is 10.4. The molecule has 1 aliphatic carbocycles. The molecule has 0 aliphatic heterocycles. The lowest BCUT2D eigenvalue weighted by molar-refractivity contribution is 0.0306. The first kappa shape index (κ1) is 22.2. The van der Waals surface area contributed by atoms with Gasteiger partial charge in [0.25, 0.3) is 0 Å². The third kappa shape index (κ3) is 5.82. The molecule has 0 amide bonds. The van der Waals surface area contributed by atoms with Crippen LogP contribution in [0.2, 0.25) is 0 Å². The van der Waals surface area contributed by atoms with E-state index in [9.17, 15) is 9.90 Å². The van der Waals surface area contributed by atoms with Crippen LogP contribution in [0.15, 0.2) is 42.0 Å². The van der Waals surface area contributed by atoms with Crippen LogP contribution in [0.3, 0.4) is 0 Å². The molecule has 6 heteroatoms. The molecule has 1 unspecified atom stereocenters. The van der Waals surface area contributed by atoms with Crippen molar-refractivity contribution in [3.63, 3.8) is 0 Å². The summed E-state index contributed by atoms with van der Waals surface area (Å²) in [6.45, 7) is 2.64. The number of aromatic carboxylic acids is 1. The summed E-state index contributed by atoms with van der Waals surface area (Å²) in [5.41, 5.74) is 5.25. The zero-order chi connectivity index (χ0) is 21.6. The van der Waals surface area contributed by atoms with E-state index in [0.717, 1.165) is 33.9 Å². The molecule has 3 aromatic rings. The number of rotatable bonds is 9. The first-order chi connectivity index (χ1) is 15.1. The van der Waals surface area contributed by atoms with Gasteiger partial charge in [0.05, 0.1) is 23.1 Å². The Labute approximate surface area is 191 Å². The molecule has 0 bridgehead atoms. The Kier molecular flexibility index (Phi) is 7.54. The number of carboxylic acid groups (broad SMARTS) is 1. The Morgan fingerprint density at radius 2 is 2.06 bits per heavy atom. The zero-order valence-corrected chi connectivity index (χ0v) is 19.5. The number of thiophene rings is 1. The van der Waals surface area contributed by atoms with Gasteiger partial charge in [-0.25, -0.2) is 4.79 Å². The van der Waals surface area contributed by atoms with Crippen molar-refractivity contribution in [1.29, 1.82) is 0 Å². The standard InChI is InChI=1S/C25H29NO3S2/c1-17-13-19(7-9-20(17)22-11-12-23(31-22)25(27)28)15-29-21(24-14-26-16-30-24)10-8-18-5-3-2-4-6-18/h7,9,11-14,16,18,21H,2-6,8,10,15H2,1H3,(H,27,28). The molecular formula is C25H29NO3S2. The van der Waals surface area contributed by atoms with Gasteiger partial charge in [-0.3, -0.25) is 4.98 Å². The second-order valence-electron chi connectivity index (χ2n) is 8.40. The molecule has 0 radical (unpaired) electrons. The minimum Gasteiger partial charge on any atom is -0.477 e. The van der Waals surface area contributed by atoms with Crippen LogP contribution in [0, 0.1) is 12.8 Å². The number of nitrogens with zero attached hydrogens (tertiary/aromatic N) is 1. The maximum Gasteiger partial charge on any atom is 0.345 e. The van der Waals surface area contributed by atoms with Crippen LogP contribution in [-0.4, -0.2) is 16.1 Å². The highest BCUT2D eigenvalue weighted by atomic mass is 32.1.